The maximum atomic E-state index is 3.72. The number of benzene rings is 1. The Hall–Kier alpha value is -0.820. The predicted octanol–water partition coefficient (Wildman–Crippen LogP) is 5.21. The van der Waals surface area contributed by atoms with Gasteiger partial charge in [0.1, 0.15) is 0 Å². The van der Waals surface area contributed by atoms with E-state index < -0.39 is 0 Å². The molecule has 0 spiro atoms. The highest BCUT2D eigenvalue weighted by Crippen LogP contribution is 2.38. The zero-order chi connectivity index (χ0) is 15.2. The second-order valence-corrected chi connectivity index (χ2v) is 7.35. The van der Waals surface area contributed by atoms with Crippen molar-refractivity contribution >= 4 is 0 Å². The number of nitrogens with one attached hydrogen (secondary N) is 1. The maximum Gasteiger partial charge on any atom is -0.00146 e. The molecule has 118 valence electrons. The van der Waals surface area contributed by atoms with Crippen LogP contribution in [0.15, 0.2) is 18.2 Å². The standard InChI is InChI=1S/C20H33N/c1-15(2)13-21-14-18-10-6-5-7-11-20(18)19-12-8-9-16(3)17(19)4/h8-9,12,15,18,20-21H,5-7,10-11,13-14H2,1-4H3. The molecule has 0 amide bonds. The first kappa shape index (κ1) is 16.5. The van der Waals surface area contributed by atoms with Crippen molar-refractivity contribution in [2.75, 3.05) is 13.1 Å². The van der Waals surface area contributed by atoms with E-state index in [1.54, 1.807) is 5.56 Å². The fraction of sp³-hybridized carbons (Fsp3) is 0.700. The second-order valence-electron chi connectivity index (χ2n) is 7.35. The van der Waals surface area contributed by atoms with E-state index in [-0.39, 0.29) is 0 Å². The number of aryl methyl sites for hydroxylation is 1. The molecule has 0 bridgehead atoms. The van der Waals surface area contributed by atoms with Gasteiger partial charge in [-0.2, -0.15) is 0 Å². The first-order valence-corrected chi connectivity index (χ1v) is 8.86. The van der Waals surface area contributed by atoms with Gasteiger partial charge in [-0.15, -0.1) is 0 Å². The monoisotopic (exact) mass is 287 g/mol. The summed E-state index contributed by atoms with van der Waals surface area (Å²) in [4.78, 5) is 0. The summed E-state index contributed by atoms with van der Waals surface area (Å²) in [6, 6.07) is 6.89. The van der Waals surface area contributed by atoms with E-state index in [0.717, 1.165) is 24.3 Å². The summed E-state index contributed by atoms with van der Waals surface area (Å²) in [5, 5.41) is 3.72. The zero-order valence-electron chi connectivity index (χ0n) is 14.4. The lowest BCUT2D eigenvalue weighted by atomic mass is 9.80. The van der Waals surface area contributed by atoms with Crippen molar-refractivity contribution in [3.63, 3.8) is 0 Å². The summed E-state index contributed by atoms with van der Waals surface area (Å²) < 4.78 is 0. The van der Waals surface area contributed by atoms with Gasteiger partial charge in [-0.25, -0.2) is 0 Å². The highest BCUT2D eigenvalue weighted by atomic mass is 14.9. The molecule has 0 aliphatic heterocycles. The maximum absolute atomic E-state index is 3.72. The first-order chi connectivity index (χ1) is 10.1. The molecule has 1 aliphatic carbocycles. The van der Waals surface area contributed by atoms with Gasteiger partial charge in [0.25, 0.3) is 0 Å². The molecule has 2 atom stereocenters. The molecule has 1 heteroatoms. The molecule has 0 aromatic heterocycles. The summed E-state index contributed by atoms with van der Waals surface area (Å²) >= 11 is 0. The van der Waals surface area contributed by atoms with Gasteiger partial charge in [0, 0.05) is 0 Å². The Morgan fingerprint density at radius 2 is 1.86 bits per heavy atom. The van der Waals surface area contributed by atoms with Crippen molar-refractivity contribution in [1.29, 1.82) is 0 Å². The molecule has 1 saturated carbocycles. The first-order valence-electron chi connectivity index (χ1n) is 8.86. The van der Waals surface area contributed by atoms with Crippen LogP contribution in [0.5, 0.6) is 0 Å². The van der Waals surface area contributed by atoms with Crippen LogP contribution < -0.4 is 5.32 Å². The van der Waals surface area contributed by atoms with E-state index in [2.05, 4.69) is 51.2 Å². The van der Waals surface area contributed by atoms with Crippen molar-refractivity contribution in [3.05, 3.63) is 34.9 Å². The van der Waals surface area contributed by atoms with E-state index in [0.29, 0.717) is 0 Å². The molecular weight excluding hydrogens is 254 g/mol. The topological polar surface area (TPSA) is 12.0 Å². The van der Waals surface area contributed by atoms with Gasteiger partial charge in [-0.1, -0.05) is 51.3 Å². The molecule has 1 fully saturated rings. The summed E-state index contributed by atoms with van der Waals surface area (Å²) in [5.74, 6) is 2.31. The summed E-state index contributed by atoms with van der Waals surface area (Å²) in [5.41, 5.74) is 4.59. The molecule has 1 nitrogen and oxygen atoms in total. The minimum absolute atomic E-state index is 0.745. The lowest BCUT2D eigenvalue weighted by Gasteiger charge is -2.28. The van der Waals surface area contributed by atoms with Crippen molar-refractivity contribution in [1.82, 2.24) is 5.32 Å². The largest absolute Gasteiger partial charge is 0.316 e. The minimum atomic E-state index is 0.745. The Bertz CT molecular complexity index is 435. The van der Waals surface area contributed by atoms with Crippen LogP contribution in [0.3, 0.4) is 0 Å². The Morgan fingerprint density at radius 3 is 2.62 bits per heavy atom. The molecule has 1 N–H and O–H groups in total. The molecule has 1 aromatic carbocycles. The Kier molecular flexibility index (Phi) is 6.29. The van der Waals surface area contributed by atoms with E-state index in [1.807, 2.05) is 0 Å². The molecule has 0 heterocycles. The predicted molar refractivity (Wildman–Crippen MR) is 92.9 cm³/mol. The van der Waals surface area contributed by atoms with E-state index in [4.69, 9.17) is 0 Å². The van der Waals surface area contributed by atoms with E-state index >= 15 is 0 Å². The van der Waals surface area contributed by atoms with Crippen LogP contribution in [0.4, 0.5) is 0 Å². The van der Waals surface area contributed by atoms with Gasteiger partial charge in [-0.3, -0.25) is 0 Å². The summed E-state index contributed by atoms with van der Waals surface area (Å²) in [7, 11) is 0. The van der Waals surface area contributed by atoms with Gasteiger partial charge in [-0.05, 0) is 74.2 Å². The Morgan fingerprint density at radius 1 is 1.10 bits per heavy atom. The normalized spacial score (nSPS) is 23.3. The van der Waals surface area contributed by atoms with Crippen molar-refractivity contribution in [2.24, 2.45) is 11.8 Å². The van der Waals surface area contributed by atoms with Crippen LogP contribution in [-0.4, -0.2) is 13.1 Å². The zero-order valence-corrected chi connectivity index (χ0v) is 14.4. The minimum Gasteiger partial charge on any atom is -0.316 e. The summed E-state index contributed by atoms with van der Waals surface area (Å²) in [6.45, 7) is 11.5. The number of rotatable bonds is 5. The van der Waals surface area contributed by atoms with Crippen LogP contribution in [0, 0.1) is 25.7 Å². The fourth-order valence-electron chi connectivity index (χ4n) is 3.77. The molecule has 2 unspecified atom stereocenters. The molecule has 0 saturated heterocycles. The number of hydrogen-bond donors (Lipinski definition) is 1. The van der Waals surface area contributed by atoms with Crippen molar-refractivity contribution in [3.8, 4) is 0 Å². The average molecular weight is 287 g/mol. The third-order valence-corrected chi connectivity index (χ3v) is 5.16. The Balaban J connectivity index is 2.13. The van der Waals surface area contributed by atoms with Crippen LogP contribution in [-0.2, 0) is 0 Å². The average Bonchev–Trinajstić information content (AvgIpc) is 2.67. The molecule has 2 rings (SSSR count). The van der Waals surface area contributed by atoms with Crippen LogP contribution >= 0.6 is 0 Å². The third kappa shape index (κ3) is 4.57. The van der Waals surface area contributed by atoms with Crippen LogP contribution in [0.1, 0.15) is 68.6 Å². The number of hydrogen-bond acceptors (Lipinski definition) is 1. The fourth-order valence-corrected chi connectivity index (χ4v) is 3.77. The van der Waals surface area contributed by atoms with E-state index in [1.165, 1.54) is 49.8 Å². The smallest absolute Gasteiger partial charge is 0.00146 e. The van der Waals surface area contributed by atoms with Crippen LogP contribution in [0.25, 0.3) is 0 Å². The highest BCUT2D eigenvalue weighted by Gasteiger charge is 2.26. The highest BCUT2D eigenvalue weighted by molar-refractivity contribution is 5.36. The SMILES string of the molecule is Cc1cccc(C2CCCCCC2CNCC(C)C)c1C. The van der Waals surface area contributed by atoms with Crippen molar-refractivity contribution in [2.45, 2.75) is 65.7 Å². The van der Waals surface area contributed by atoms with Gasteiger partial charge in [0.15, 0.2) is 0 Å². The van der Waals surface area contributed by atoms with Gasteiger partial charge in [0.05, 0.1) is 0 Å². The molecule has 1 aliphatic rings. The Labute approximate surface area is 131 Å². The lowest BCUT2D eigenvalue weighted by Crippen LogP contribution is -2.29. The van der Waals surface area contributed by atoms with Crippen LogP contribution in [0.2, 0.25) is 0 Å². The second kappa shape index (κ2) is 7.98. The third-order valence-electron chi connectivity index (χ3n) is 5.16. The molecule has 21 heavy (non-hydrogen) atoms. The van der Waals surface area contributed by atoms with Gasteiger partial charge >= 0.3 is 0 Å². The molecular formula is C20H33N. The molecule has 1 aromatic rings. The quantitative estimate of drug-likeness (QED) is 0.733. The van der Waals surface area contributed by atoms with Gasteiger partial charge in [0.2, 0.25) is 0 Å². The molecule has 0 radical (unpaired) electrons. The summed E-state index contributed by atoms with van der Waals surface area (Å²) in [6.07, 6.45) is 7.00. The lowest BCUT2D eigenvalue weighted by molar-refractivity contribution is 0.365. The van der Waals surface area contributed by atoms with E-state index in [9.17, 15) is 0 Å². The van der Waals surface area contributed by atoms with Gasteiger partial charge < -0.3 is 5.32 Å². The van der Waals surface area contributed by atoms with Crippen molar-refractivity contribution < 1.29 is 0 Å².